The zero-order chi connectivity index (χ0) is 14.8. The fourth-order valence-corrected chi connectivity index (χ4v) is 3.77. The molecule has 1 atom stereocenters. The second kappa shape index (κ2) is 9.33. The molecule has 1 aromatic rings. The summed E-state index contributed by atoms with van der Waals surface area (Å²) in [5.74, 6) is 2.37. The molecule has 1 saturated heterocycles. The van der Waals surface area contributed by atoms with Crippen molar-refractivity contribution in [2.75, 3.05) is 40.4 Å². The van der Waals surface area contributed by atoms with Gasteiger partial charge in [-0.2, -0.15) is 0 Å². The molecule has 0 bridgehead atoms. The smallest absolute Gasteiger partial charge is 0.161 e. The lowest BCUT2D eigenvalue weighted by Crippen LogP contribution is -2.45. The number of ether oxygens (including phenoxy) is 2. The van der Waals surface area contributed by atoms with Gasteiger partial charge in [0, 0.05) is 36.7 Å². The van der Waals surface area contributed by atoms with Gasteiger partial charge in [-0.1, -0.05) is 15.9 Å². The summed E-state index contributed by atoms with van der Waals surface area (Å²) in [6.07, 6.45) is 2.66. The van der Waals surface area contributed by atoms with Crippen molar-refractivity contribution in [2.45, 2.75) is 18.9 Å². The van der Waals surface area contributed by atoms with Gasteiger partial charge in [0.1, 0.15) is 0 Å². The zero-order valence-corrected chi connectivity index (χ0v) is 16.7. The van der Waals surface area contributed by atoms with Gasteiger partial charge in [0.2, 0.25) is 0 Å². The van der Waals surface area contributed by atoms with Gasteiger partial charge in [-0.15, -0.1) is 24.8 Å². The SMILES string of the molecule is COc1cc(Br)c([C@H](C2CC2)N2CCNCC2)cc1OC.Cl.Cl. The van der Waals surface area contributed by atoms with Crippen LogP contribution in [-0.4, -0.2) is 45.3 Å². The highest BCUT2D eigenvalue weighted by molar-refractivity contribution is 9.10. The van der Waals surface area contributed by atoms with E-state index < -0.39 is 0 Å². The monoisotopic (exact) mass is 426 g/mol. The second-order valence-corrected chi connectivity index (χ2v) is 6.65. The van der Waals surface area contributed by atoms with E-state index in [9.17, 15) is 0 Å². The molecule has 3 rings (SSSR count). The molecule has 4 nitrogen and oxygen atoms in total. The number of halogens is 3. The predicted molar refractivity (Wildman–Crippen MR) is 102 cm³/mol. The first kappa shape index (κ1) is 20.8. The van der Waals surface area contributed by atoms with E-state index in [-0.39, 0.29) is 24.8 Å². The molecule has 0 radical (unpaired) electrons. The standard InChI is InChI=1S/C16H23BrN2O2.2ClH/c1-20-14-9-12(13(17)10-15(14)21-2)16(11-3-4-11)19-7-5-18-6-8-19;;/h9-11,16,18H,3-8H2,1-2H3;2*1H/t16-;;/m0../s1. The Morgan fingerprint density at radius 2 is 1.65 bits per heavy atom. The highest BCUT2D eigenvalue weighted by Gasteiger charge is 2.38. The van der Waals surface area contributed by atoms with Crippen LogP contribution in [0.3, 0.4) is 0 Å². The van der Waals surface area contributed by atoms with Crippen LogP contribution >= 0.6 is 40.7 Å². The van der Waals surface area contributed by atoms with Gasteiger partial charge in [-0.05, 0) is 36.5 Å². The molecule has 1 N–H and O–H groups in total. The van der Waals surface area contributed by atoms with Crippen LogP contribution in [-0.2, 0) is 0 Å². The van der Waals surface area contributed by atoms with E-state index in [0.717, 1.165) is 48.1 Å². The molecule has 2 fully saturated rings. The number of hydrogen-bond donors (Lipinski definition) is 1. The molecule has 132 valence electrons. The summed E-state index contributed by atoms with van der Waals surface area (Å²) in [5, 5.41) is 3.44. The average Bonchev–Trinajstić information content (AvgIpc) is 3.34. The number of rotatable bonds is 5. The van der Waals surface area contributed by atoms with Crippen LogP contribution in [0.1, 0.15) is 24.4 Å². The molecular formula is C16H25BrCl2N2O2. The summed E-state index contributed by atoms with van der Waals surface area (Å²) in [6, 6.07) is 4.67. The maximum atomic E-state index is 5.49. The maximum Gasteiger partial charge on any atom is 0.161 e. The van der Waals surface area contributed by atoms with Crippen molar-refractivity contribution in [2.24, 2.45) is 5.92 Å². The summed E-state index contributed by atoms with van der Waals surface area (Å²) in [7, 11) is 3.38. The Balaban J connectivity index is 0.00000132. The highest BCUT2D eigenvalue weighted by atomic mass is 79.9. The molecule has 0 aromatic heterocycles. The van der Waals surface area contributed by atoms with Crippen molar-refractivity contribution in [1.82, 2.24) is 10.2 Å². The Morgan fingerprint density at radius 1 is 1.09 bits per heavy atom. The third kappa shape index (κ3) is 4.67. The summed E-state index contributed by atoms with van der Waals surface area (Å²) >= 11 is 3.74. The number of benzene rings is 1. The number of piperazine rings is 1. The number of hydrogen-bond acceptors (Lipinski definition) is 4. The Hall–Kier alpha value is -0.200. The van der Waals surface area contributed by atoms with Gasteiger partial charge in [-0.3, -0.25) is 4.90 Å². The summed E-state index contributed by atoms with van der Waals surface area (Å²) in [5.41, 5.74) is 1.33. The van der Waals surface area contributed by atoms with Crippen molar-refractivity contribution in [3.05, 3.63) is 22.2 Å². The number of methoxy groups -OCH3 is 2. The molecule has 1 heterocycles. The first-order valence-electron chi connectivity index (χ1n) is 7.60. The van der Waals surface area contributed by atoms with Crippen LogP contribution < -0.4 is 14.8 Å². The maximum absolute atomic E-state index is 5.49. The molecule has 2 aliphatic rings. The Labute approximate surface area is 159 Å². The molecule has 0 unspecified atom stereocenters. The van der Waals surface area contributed by atoms with E-state index in [2.05, 4.69) is 32.2 Å². The Morgan fingerprint density at radius 3 is 2.17 bits per heavy atom. The van der Waals surface area contributed by atoms with Gasteiger partial charge in [0.25, 0.3) is 0 Å². The van der Waals surface area contributed by atoms with E-state index in [1.807, 2.05) is 6.07 Å². The third-order valence-electron chi connectivity index (χ3n) is 4.44. The summed E-state index contributed by atoms with van der Waals surface area (Å²) in [6.45, 7) is 4.38. The minimum absolute atomic E-state index is 0. The van der Waals surface area contributed by atoms with Crippen molar-refractivity contribution in [3.8, 4) is 11.5 Å². The van der Waals surface area contributed by atoms with Crippen LogP contribution in [0.25, 0.3) is 0 Å². The molecule has 1 aliphatic carbocycles. The van der Waals surface area contributed by atoms with Crippen LogP contribution in [0.15, 0.2) is 16.6 Å². The van der Waals surface area contributed by atoms with Gasteiger partial charge in [-0.25, -0.2) is 0 Å². The first-order chi connectivity index (χ1) is 10.2. The molecule has 0 amide bonds. The lowest BCUT2D eigenvalue weighted by atomic mass is 9.99. The summed E-state index contributed by atoms with van der Waals surface area (Å²) < 4.78 is 12.0. The fraction of sp³-hybridized carbons (Fsp3) is 0.625. The molecule has 0 spiro atoms. The van der Waals surface area contributed by atoms with E-state index in [0.29, 0.717) is 6.04 Å². The lowest BCUT2D eigenvalue weighted by molar-refractivity contribution is 0.155. The van der Waals surface area contributed by atoms with Gasteiger partial charge < -0.3 is 14.8 Å². The molecule has 1 aliphatic heterocycles. The summed E-state index contributed by atoms with van der Waals surface area (Å²) in [4.78, 5) is 2.61. The van der Waals surface area contributed by atoms with E-state index >= 15 is 0 Å². The zero-order valence-electron chi connectivity index (χ0n) is 13.5. The molecular weight excluding hydrogens is 403 g/mol. The van der Waals surface area contributed by atoms with Gasteiger partial charge in [0.15, 0.2) is 11.5 Å². The number of nitrogens with one attached hydrogen (secondary N) is 1. The highest BCUT2D eigenvalue weighted by Crippen LogP contribution is 2.48. The second-order valence-electron chi connectivity index (χ2n) is 5.80. The van der Waals surface area contributed by atoms with Crippen molar-refractivity contribution < 1.29 is 9.47 Å². The lowest BCUT2D eigenvalue weighted by Gasteiger charge is -2.36. The normalized spacial score (nSPS) is 19.3. The van der Waals surface area contributed by atoms with E-state index in [4.69, 9.17) is 9.47 Å². The van der Waals surface area contributed by atoms with E-state index in [1.165, 1.54) is 18.4 Å². The van der Waals surface area contributed by atoms with Crippen LogP contribution in [0, 0.1) is 5.92 Å². The van der Waals surface area contributed by atoms with Crippen molar-refractivity contribution >= 4 is 40.7 Å². The average molecular weight is 428 g/mol. The van der Waals surface area contributed by atoms with Crippen LogP contribution in [0.5, 0.6) is 11.5 Å². The third-order valence-corrected chi connectivity index (χ3v) is 5.12. The van der Waals surface area contributed by atoms with Crippen LogP contribution in [0.2, 0.25) is 0 Å². The minimum Gasteiger partial charge on any atom is -0.493 e. The Kier molecular flexibility index (Phi) is 8.45. The Bertz CT molecular complexity index is 509. The van der Waals surface area contributed by atoms with Crippen molar-refractivity contribution in [3.63, 3.8) is 0 Å². The molecule has 1 aromatic carbocycles. The first-order valence-corrected chi connectivity index (χ1v) is 8.40. The fourth-order valence-electron chi connectivity index (χ4n) is 3.22. The largest absolute Gasteiger partial charge is 0.493 e. The molecule has 1 saturated carbocycles. The van der Waals surface area contributed by atoms with Crippen molar-refractivity contribution in [1.29, 1.82) is 0 Å². The number of nitrogens with zero attached hydrogens (tertiary/aromatic N) is 1. The van der Waals surface area contributed by atoms with Crippen LogP contribution in [0.4, 0.5) is 0 Å². The molecule has 7 heteroatoms. The van der Waals surface area contributed by atoms with Gasteiger partial charge >= 0.3 is 0 Å². The minimum atomic E-state index is 0. The quantitative estimate of drug-likeness (QED) is 0.777. The van der Waals surface area contributed by atoms with E-state index in [1.54, 1.807) is 14.2 Å². The van der Waals surface area contributed by atoms with Gasteiger partial charge in [0.05, 0.1) is 14.2 Å². The topological polar surface area (TPSA) is 33.7 Å². The predicted octanol–water partition coefficient (Wildman–Crippen LogP) is 3.67. The molecule has 23 heavy (non-hydrogen) atoms.